The van der Waals surface area contributed by atoms with E-state index in [1.807, 2.05) is 6.92 Å². The predicted octanol–water partition coefficient (Wildman–Crippen LogP) is 6.15. The van der Waals surface area contributed by atoms with Gasteiger partial charge in [-0.25, -0.2) is 40.0 Å². The molecule has 0 amide bonds. The Morgan fingerprint density at radius 3 is 2.50 bits per heavy atom. The van der Waals surface area contributed by atoms with Crippen LogP contribution in [0.2, 0.25) is 0 Å². The van der Waals surface area contributed by atoms with Gasteiger partial charge in [-0.05, 0) is 81.7 Å². The number of anilines is 1. The number of ether oxygens (including phenoxy) is 1. The zero-order valence-electron chi connectivity index (χ0n) is 25.0. The van der Waals surface area contributed by atoms with Crippen molar-refractivity contribution in [2.24, 2.45) is 17.8 Å². The number of aromatic nitrogens is 5. The van der Waals surface area contributed by atoms with Crippen LogP contribution in [0.5, 0.6) is 0 Å². The standard InChI is InChI=1S/C32H31F3N6O4S/c1-3-45-32(42)26-18-6-8-19(9-7-18)27(26)37-30-25-13-12-24(28(34)35)41(25)39-29(38-30)23-16-40(31-22(23)14-20(33)15-36-31)46(43,44)21-10-4-17(2)5-11-21/h4-5,10-16,18-19,26-28H,3,6-9H2,1-2H3,(H,37,38,39). The van der Waals surface area contributed by atoms with E-state index < -0.39 is 33.9 Å². The van der Waals surface area contributed by atoms with Gasteiger partial charge in [0, 0.05) is 23.2 Å². The smallest absolute Gasteiger partial charge is 0.311 e. The van der Waals surface area contributed by atoms with Crippen LogP contribution >= 0.6 is 0 Å². The number of esters is 1. The Kier molecular flexibility index (Phi) is 7.49. The molecule has 8 rings (SSSR count). The van der Waals surface area contributed by atoms with Crippen molar-refractivity contribution < 1.29 is 31.1 Å². The van der Waals surface area contributed by atoms with Gasteiger partial charge < -0.3 is 10.1 Å². The minimum Gasteiger partial charge on any atom is -0.466 e. The maximum Gasteiger partial charge on any atom is 0.311 e. The molecule has 46 heavy (non-hydrogen) atoms. The first-order valence-corrected chi connectivity index (χ1v) is 16.6. The molecule has 3 saturated carbocycles. The van der Waals surface area contributed by atoms with E-state index in [4.69, 9.17) is 9.72 Å². The van der Waals surface area contributed by atoms with E-state index in [2.05, 4.69) is 15.4 Å². The molecule has 4 heterocycles. The second kappa shape index (κ2) is 11.4. The molecule has 0 radical (unpaired) electrons. The number of halogens is 3. The number of hydrogen-bond donors (Lipinski definition) is 1. The second-order valence-corrected chi connectivity index (χ2v) is 13.8. The fourth-order valence-corrected chi connectivity index (χ4v) is 8.36. The Hall–Kier alpha value is -4.46. The SMILES string of the molecule is CCOC(=O)C1C2CCC(CC2)C1Nc1nc(-c2cn(S(=O)(=O)c3ccc(C)cc3)c3ncc(F)cc23)nn2c(C(F)F)ccc12. The molecule has 2 unspecified atom stereocenters. The Balaban J connectivity index is 1.41. The molecule has 0 saturated heterocycles. The van der Waals surface area contributed by atoms with Crippen molar-refractivity contribution in [2.75, 3.05) is 11.9 Å². The molecule has 4 aromatic heterocycles. The van der Waals surface area contributed by atoms with Gasteiger partial charge in [-0.1, -0.05) is 17.7 Å². The van der Waals surface area contributed by atoms with Gasteiger partial charge in [0.05, 0.1) is 23.6 Å². The number of hydrogen-bond acceptors (Lipinski definition) is 8. The summed E-state index contributed by atoms with van der Waals surface area (Å²) in [5.74, 6) is -1.19. The van der Waals surface area contributed by atoms with Crippen LogP contribution in [0, 0.1) is 30.5 Å². The lowest BCUT2D eigenvalue weighted by Gasteiger charge is -2.47. The number of carbonyl (C=O) groups is 1. The number of nitrogens with one attached hydrogen (secondary N) is 1. The van der Waals surface area contributed by atoms with Crippen molar-refractivity contribution in [1.29, 1.82) is 0 Å². The summed E-state index contributed by atoms with van der Waals surface area (Å²) in [5, 5.41) is 7.89. The molecule has 3 aliphatic carbocycles. The Bertz CT molecular complexity index is 2070. The Morgan fingerprint density at radius 1 is 1.09 bits per heavy atom. The maximum atomic E-state index is 14.6. The van der Waals surface area contributed by atoms with Gasteiger partial charge in [-0.2, -0.15) is 0 Å². The molecule has 0 aliphatic heterocycles. The van der Waals surface area contributed by atoms with E-state index in [1.54, 1.807) is 19.1 Å². The summed E-state index contributed by atoms with van der Waals surface area (Å²) in [6.45, 7) is 3.81. The number of benzene rings is 1. The van der Waals surface area contributed by atoms with Crippen molar-refractivity contribution in [2.45, 2.75) is 56.9 Å². The molecule has 1 N–H and O–H groups in total. The predicted molar refractivity (Wildman–Crippen MR) is 163 cm³/mol. The monoisotopic (exact) mass is 652 g/mol. The summed E-state index contributed by atoms with van der Waals surface area (Å²) in [6, 6.07) is 9.67. The fourth-order valence-electron chi connectivity index (χ4n) is 7.03. The van der Waals surface area contributed by atoms with Gasteiger partial charge in [0.15, 0.2) is 17.3 Å². The van der Waals surface area contributed by atoms with E-state index in [-0.39, 0.29) is 69.1 Å². The molecular weight excluding hydrogens is 621 g/mol. The average molecular weight is 653 g/mol. The van der Waals surface area contributed by atoms with Crippen LogP contribution in [-0.4, -0.2) is 50.6 Å². The molecule has 3 aliphatic rings. The molecule has 10 nitrogen and oxygen atoms in total. The number of aryl methyl sites for hydroxylation is 1. The van der Waals surface area contributed by atoms with Crippen LogP contribution in [0.25, 0.3) is 27.9 Å². The number of carbonyl (C=O) groups excluding carboxylic acids is 1. The first-order valence-electron chi connectivity index (χ1n) is 15.2. The molecule has 0 spiro atoms. The minimum absolute atomic E-state index is 0.0193. The van der Waals surface area contributed by atoms with Gasteiger partial charge >= 0.3 is 5.97 Å². The Morgan fingerprint density at radius 2 is 1.80 bits per heavy atom. The highest BCUT2D eigenvalue weighted by Crippen LogP contribution is 2.47. The number of alkyl halides is 2. The van der Waals surface area contributed by atoms with E-state index in [0.29, 0.717) is 0 Å². The van der Waals surface area contributed by atoms with Crippen LogP contribution in [0.1, 0.15) is 50.3 Å². The lowest BCUT2D eigenvalue weighted by Crippen LogP contribution is -2.52. The van der Waals surface area contributed by atoms with Gasteiger partial charge in [0.25, 0.3) is 16.4 Å². The molecule has 1 aromatic carbocycles. The topological polar surface area (TPSA) is 120 Å². The zero-order chi connectivity index (χ0) is 32.3. The molecule has 2 atom stereocenters. The largest absolute Gasteiger partial charge is 0.466 e. The van der Waals surface area contributed by atoms with E-state index >= 15 is 0 Å². The normalized spacial score (nSPS) is 21.3. The van der Waals surface area contributed by atoms with Gasteiger partial charge in [-0.15, -0.1) is 5.10 Å². The minimum atomic E-state index is -4.21. The first-order chi connectivity index (χ1) is 22.1. The third-order valence-electron chi connectivity index (χ3n) is 9.24. The van der Waals surface area contributed by atoms with E-state index in [9.17, 15) is 26.4 Å². The summed E-state index contributed by atoms with van der Waals surface area (Å²) in [4.78, 5) is 21.9. The summed E-state index contributed by atoms with van der Waals surface area (Å²) in [5.41, 5.74) is 0.696. The van der Waals surface area contributed by atoms with Crippen molar-refractivity contribution >= 4 is 38.4 Å². The molecule has 2 bridgehead atoms. The van der Waals surface area contributed by atoms with Crippen LogP contribution in [0.4, 0.5) is 19.0 Å². The van der Waals surface area contributed by atoms with Crippen molar-refractivity contribution in [3.63, 3.8) is 0 Å². The zero-order valence-corrected chi connectivity index (χ0v) is 25.8. The van der Waals surface area contributed by atoms with Gasteiger partial charge in [0.2, 0.25) is 0 Å². The highest BCUT2D eigenvalue weighted by atomic mass is 32.2. The summed E-state index contributed by atoms with van der Waals surface area (Å²) in [6.07, 6.45) is 2.82. The average Bonchev–Trinajstić information content (AvgIpc) is 3.64. The molecular formula is C32H31F3N6O4S. The number of nitrogens with zero attached hydrogens (tertiary/aromatic N) is 5. The number of fused-ring (bicyclic) bond motifs is 5. The molecule has 240 valence electrons. The highest BCUT2D eigenvalue weighted by Gasteiger charge is 2.48. The van der Waals surface area contributed by atoms with Crippen molar-refractivity contribution in [1.82, 2.24) is 23.6 Å². The molecule has 14 heteroatoms. The van der Waals surface area contributed by atoms with Crippen LogP contribution in [-0.2, 0) is 19.6 Å². The van der Waals surface area contributed by atoms with Gasteiger partial charge in [-0.3, -0.25) is 4.79 Å². The lowest BCUT2D eigenvalue weighted by molar-refractivity contribution is -0.154. The second-order valence-electron chi connectivity index (χ2n) is 11.9. The summed E-state index contributed by atoms with van der Waals surface area (Å²) in [7, 11) is -4.21. The summed E-state index contributed by atoms with van der Waals surface area (Å²) >= 11 is 0. The lowest BCUT2D eigenvalue weighted by atomic mass is 9.61. The summed E-state index contributed by atoms with van der Waals surface area (Å²) < 4.78 is 78.0. The maximum absolute atomic E-state index is 14.6. The number of pyridine rings is 1. The molecule has 5 aromatic rings. The van der Waals surface area contributed by atoms with Gasteiger partial charge in [0.1, 0.15) is 17.0 Å². The Labute approximate surface area is 262 Å². The van der Waals surface area contributed by atoms with Crippen LogP contribution in [0.3, 0.4) is 0 Å². The third kappa shape index (κ3) is 4.99. The van der Waals surface area contributed by atoms with Crippen LogP contribution < -0.4 is 5.32 Å². The first kappa shape index (κ1) is 30.2. The third-order valence-corrected chi connectivity index (χ3v) is 10.9. The molecule has 3 fully saturated rings. The van der Waals surface area contributed by atoms with Crippen molar-refractivity contribution in [3.05, 3.63) is 71.9 Å². The fraction of sp³-hybridized carbons (Fsp3) is 0.375. The van der Waals surface area contributed by atoms with Crippen LogP contribution in [0.15, 0.2) is 59.8 Å². The van der Waals surface area contributed by atoms with E-state index in [1.165, 1.54) is 30.5 Å². The quantitative estimate of drug-likeness (QED) is 0.198. The van der Waals surface area contributed by atoms with Crippen molar-refractivity contribution in [3.8, 4) is 11.4 Å². The highest BCUT2D eigenvalue weighted by molar-refractivity contribution is 7.90. The van der Waals surface area contributed by atoms with E-state index in [0.717, 1.165) is 52.0 Å². The number of rotatable bonds is 8.